The van der Waals surface area contributed by atoms with Crippen molar-refractivity contribution in [2.45, 2.75) is 32.4 Å². The summed E-state index contributed by atoms with van der Waals surface area (Å²) in [7, 11) is 0. The quantitative estimate of drug-likeness (QED) is 0.938. The van der Waals surface area contributed by atoms with Crippen molar-refractivity contribution in [2.24, 2.45) is 0 Å². The molecule has 2 heterocycles. The minimum atomic E-state index is 0.360. The fourth-order valence-corrected chi connectivity index (χ4v) is 3.07. The Morgan fingerprint density at radius 2 is 2.24 bits per heavy atom. The molecule has 1 aromatic heterocycles. The second-order valence-electron chi connectivity index (χ2n) is 5.68. The van der Waals surface area contributed by atoms with Crippen LogP contribution in [0.4, 0.5) is 5.82 Å². The normalized spacial score (nSPS) is 20.0. The Kier molecular flexibility index (Phi) is 4.36. The highest BCUT2D eigenvalue weighted by Crippen LogP contribution is 2.22. The highest BCUT2D eigenvalue weighted by Gasteiger charge is 2.20. The van der Waals surface area contributed by atoms with Crippen molar-refractivity contribution >= 4 is 16.7 Å². The third-order valence-corrected chi connectivity index (χ3v) is 4.09. The third kappa shape index (κ3) is 3.34. The summed E-state index contributed by atoms with van der Waals surface area (Å²) >= 11 is 0. The molecule has 112 valence electrons. The lowest BCUT2D eigenvalue weighted by Crippen LogP contribution is -2.39. The second kappa shape index (κ2) is 6.41. The number of nitrogens with zero attached hydrogens (tertiary/aromatic N) is 2. The van der Waals surface area contributed by atoms with Crippen LogP contribution in [-0.2, 0) is 11.3 Å². The molecule has 0 bridgehead atoms. The summed E-state index contributed by atoms with van der Waals surface area (Å²) in [5, 5.41) is 1.15. The lowest BCUT2D eigenvalue weighted by Gasteiger charge is -2.32. The van der Waals surface area contributed by atoms with Crippen LogP contribution in [0.3, 0.4) is 0 Å². The smallest absolute Gasteiger partial charge is 0.128 e. The van der Waals surface area contributed by atoms with Gasteiger partial charge in [0.25, 0.3) is 0 Å². The number of ether oxygens (including phenoxy) is 1. The molecule has 0 saturated carbocycles. The Morgan fingerprint density at radius 1 is 1.38 bits per heavy atom. The number of nitrogens with two attached hydrogens (primary N) is 1. The van der Waals surface area contributed by atoms with E-state index in [9.17, 15) is 0 Å². The van der Waals surface area contributed by atoms with E-state index >= 15 is 0 Å². The van der Waals surface area contributed by atoms with E-state index in [2.05, 4.69) is 28.9 Å². The first-order valence-corrected chi connectivity index (χ1v) is 7.74. The van der Waals surface area contributed by atoms with Gasteiger partial charge in [-0.2, -0.15) is 0 Å². The van der Waals surface area contributed by atoms with Gasteiger partial charge in [-0.15, -0.1) is 0 Å². The number of fused-ring (bicyclic) bond motifs is 1. The number of aromatic nitrogens is 1. The van der Waals surface area contributed by atoms with E-state index in [-0.39, 0.29) is 0 Å². The molecule has 1 fully saturated rings. The van der Waals surface area contributed by atoms with Crippen molar-refractivity contribution in [3.05, 3.63) is 35.9 Å². The molecular weight excluding hydrogens is 262 g/mol. The van der Waals surface area contributed by atoms with Crippen LogP contribution in [0.5, 0.6) is 0 Å². The Morgan fingerprint density at radius 3 is 3.10 bits per heavy atom. The molecule has 1 atom stereocenters. The van der Waals surface area contributed by atoms with Crippen molar-refractivity contribution in [3.63, 3.8) is 0 Å². The number of hydrogen-bond donors (Lipinski definition) is 1. The van der Waals surface area contributed by atoms with E-state index in [1.54, 1.807) is 0 Å². The predicted molar refractivity (Wildman–Crippen MR) is 86.1 cm³/mol. The average molecular weight is 285 g/mol. The van der Waals surface area contributed by atoms with Gasteiger partial charge in [0, 0.05) is 30.6 Å². The van der Waals surface area contributed by atoms with Crippen LogP contribution in [0.1, 0.15) is 25.3 Å². The second-order valence-corrected chi connectivity index (χ2v) is 5.68. The highest BCUT2D eigenvalue weighted by molar-refractivity contribution is 5.81. The SMILES string of the molecule is CCOC1CCCN(Cc2cc3ccccc3nc2N)C1. The summed E-state index contributed by atoms with van der Waals surface area (Å²) in [4.78, 5) is 6.94. The number of benzene rings is 1. The van der Waals surface area contributed by atoms with E-state index in [0.29, 0.717) is 11.9 Å². The third-order valence-electron chi connectivity index (χ3n) is 4.09. The van der Waals surface area contributed by atoms with Gasteiger partial charge in [-0.05, 0) is 38.4 Å². The monoisotopic (exact) mass is 285 g/mol. The van der Waals surface area contributed by atoms with E-state index in [1.165, 1.54) is 6.42 Å². The van der Waals surface area contributed by atoms with Gasteiger partial charge >= 0.3 is 0 Å². The van der Waals surface area contributed by atoms with Crippen LogP contribution in [0.2, 0.25) is 0 Å². The van der Waals surface area contributed by atoms with Gasteiger partial charge in [-0.1, -0.05) is 18.2 Å². The maximum Gasteiger partial charge on any atom is 0.128 e. The van der Waals surface area contributed by atoms with Crippen LogP contribution in [-0.4, -0.2) is 35.7 Å². The molecule has 2 N–H and O–H groups in total. The van der Waals surface area contributed by atoms with Crippen molar-refractivity contribution in [1.82, 2.24) is 9.88 Å². The van der Waals surface area contributed by atoms with E-state index in [1.807, 2.05) is 18.2 Å². The van der Waals surface area contributed by atoms with Gasteiger partial charge in [0.15, 0.2) is 0 Å². The summed E-state index contributed by atoms with van der Waals surface area (Å²) in [6, 6.07) is 10.3. The Bertz CT molecular complexity index is 612. The molecule has 0 spiro atoms. The van der Waals surface area contributed by atoms with E-state index in [4.69, 9.17) is 10.5 Å². The zero-order valence-corrected chi connectivity index (χ0v) is 12.6. The minimum Gasteiger partial charge on any atom is -0.383 e. The van der Waals surface area contributed by atoms with Crippen LogP contribution in [0.25, 0.3) is 10.9 Å². The molecule has 1 saturated heterocycles. The Labute approximate surface area is 125 Å². The molecule has 21 heavy (non-hydrogen) atoms. The number of pyridine rings is 1. The zero-order chi connectivity index (χ0) is 14.7. The molecule has 0 aliphatic carbocycles. The number of rotatable bonds is 4. The fourth-order valence-electron chi connectivity index (χ4n) is 3.07. The van der Waals surface area contributed by atoms with E-state index < -0.39 is 0 Å². The van der Waals surface area contributed by atoms with Crippen LogP contribution < -0.4 is 5.73 Å². The lowest BCUT2D eigenvalue weighted by atomic mass is 10.1. The molecular formula is C17H23N3O. The van der Waals surface area contributed by atoms with Gasteiger partial charge in [-0.25, -0.2) is 4.98 Å². The largest absolute Gasteiger partial charge is 0.383 e. The Hall–Kier alpha value is -1.65. The van der Waals surface area contributed by atoms with Gasteiger partial charge in [0.2, 0.25) is 0 Å². The zero-order valence-electron chi connectivity index (χ0n) is 12.6. The van der Waals surface area contributed by atoms with Gasteiger partial charge in [0.05, 0.1) is 11.6 Å². The van der Waals surface area contributed by atoms with Gasteiger partial charge < -0.3 is 10.5 Å². The summed E-state index contributed by atoms with van der Waals surface area (Å²) in [5.74, 6) is 0.646. The average Bonchev–Trinajstić information content (AvgIpc) is 2.49. The molecule has 1 aromatic carbocycles. The molecule has 1 unspecified atom stereocenters. The van der Waals surface area contributed by atoms with Crippen molar-refractivity contribution in [3.8, 4) is 0 Å². The van der Waals surface area contributed by atoms with Crippen molar-refractivity contribution in [2.75, 3.05) is 25.4 Å². The molecule has 0 amide bonds. The lowest BCUT2D eigenvalue weighted by molar-refractivity contribution is 0.00367. The first kappa shape index (κ1) is 14.3. The fraction of sp³-hybridized carbons (Fsp3) is 0.471. The van der Waals surface area contributed by atoms with Gasteiger partial charge in [0.1, 0.15) is 5.82 Å². The van der Waals surface area contributed by atoms with Crippen molar-refractivity contribution < 1.29 is 4.74 Å². The minimum absolute atomic E-state index is 0.360. The van der Waals surface area contributed by atoms with Crippen molar-refractivity contribution in [1.29, 1.82) is 0 Å². The summed E-state index contributed by atoms with van der Waals surface area (Å²) < 4.78 is 5.76. The molecule has 2 aromatic rings. The molecule has 1 aliphatic heterocycles. The van der Waals surface area contributed by atoms with Crippen LogP contribution in [0.15, 0.2) is 30.3 Å². The number of piperidine rings is 1. The Balaban J connectivity index is 1.76. The summed E-state index contributed by atoms with van der Waals surface area (Å²) in [6.45, 7) is 5.80. The highest BCUT2D eigenvalue weighted by atomic mass is 16.5. The maximum absolute atomic E-state index is 6.13. The molecule has 1 aliphatic rings. The number of anilines is 1. The topological polar surface area (TPSA) is 51.4 Å². The molecule has 4 nitrogen and oxygen atoms in total. The number of hydrogen-bond acceptors (Lipinski definition) is 4. The molecule has 4 heteroatoms. The van der Waals surface area contributed by atoms with Crippen LogP contribution >= 0.6 is 0 Å². The van der Waals surface area contributed by atoms with Gasteiger partial charge in [-0.3, -0.25) is 4.90 Å². The first-order chi connectivity index (χ1) is 10.3. The first-order valence-electron chi connectivity index (χ1n) is 7.74. The molecule has 3 rings (SSSR count). The standard InChI is InChI=1S/C17H23N3O/c1-2-21-15-7-5-9-20(12-15)11-14-10-13-6-3-4-8-16(13)19-17(14)18/h3-4,6,8,10,15H,2,5,7,9,11-12H2,1H3,(H2,18,19). The number of nitrogen functional groups attached to an aromatic ring is 1. The summed E-state index contributed by atoms with van der Waals surface area (Å²) in [5.41, 5.74) is 8.21. The van der Waals surface area contributed by atoms with Crippen LogP contribution in [0, 0.1) is 0 Å². The molecule has 0 radical (unpaired) electrons. The predicted octanol–water partition coefficient (Wildman–Crippen LogP) is 2.82. The van der Waals surface area contributed by atoms with E-state index in [0.717, 1.165) is 49.1 Å². The summed E-state index contributed by atoms with van der Waals surface area (Å²) in [6.07, 6.45) is 2.71. The maximum atomic E-state index is 6.13. The number of para-hydroxylation sites is 1. The number of likely N-dealkylation sites (tertiary alicyclic amines) is 1.